The van der Waals surface area contributed by atoms with Crippen molar-refractivity contribution in [2.75, 3.05) is 12.4 Å². The Bertz CT molecular complexity index is 302. The maximum Gasteiger partial charge on any atom is 0.124 e. The molecule has 0 aliphatic heterocycles. The van der Waals surface area contributed by atoms with Gasteiger partial charge in [0.2, 0.25) is 0 Å². The fraction of sp³-hybridized carbons (Fsp3) is 0.400. The van der Waals surface area contributed by atoms with Gasteiger partial charge in [-0.25, -0.2) is 4.39 Å². The van der Waals surface area contributed by atoms with Gasteiger partial charge in [0.1, 0.15) is 5.82 Å². The average Bonchev–Trinajstić information content (AvgIpc) is 2.16. The average molecular weight is 295 g/mol. The lowest BCUT2D eigenvalue weighted by molar-refractivity contribution is 0.113. The van der Waals surface area contributed by atoms with Gasteiger partial charge in [-0.3, -0.25) is 0 Å². The number of aliphatic hydroxyl groups is 2. The van der Waals surface area contributed by atoms with E-state index in [0.717, 1.165) is 5.56 Å². The summed E-state index contributed by atoms with van der Waals surface area (Å²) >= 11 is 4.67. The van der Waals surface area contributed by atoms with Crippen molar-refractivity contribution in [3.8, 4) is 0 Å². The minimum absolute atomic E-state index is 0.236. The number of benzene rings is 1. The van der Waals surface area contributed by atoms with Crippen molar-refractivity contribution < 1.29 is 14.6 Å². The highest BCUT2D eigenvalue weighted by Gasteiger charge is 2.03. The van der Waals surface area contributed by atoms with Gasteiger partial charge in [-0.15, -0.1) is 0 Å². The summed E-state index contributed by atoms with van der Waals surface area (Å²) in [5.41, 5.74) is 0.858. The van der Waals surface area contributed by atoms with Crippen LogP contribution in [0.4, 0.5) is 4.39 Å². The number of halogens is 2. The van der Waals surface area contributed by atoms with E-state index < -0.39 is 6.10 Å². The quantitative estimate of drug-likeness (QED) is 0.874. The second-order valence-electron chi connectivity index (χ2n) is 3.13. The van der Waals surface area contributed by atoms with Gasteiger partial charge >= 0.3 is 0 Å². The molecule has 84 valence electrons. The Morgan fingerprint density at radius 1 is 1.40 bits per heavy atom. The Kier molecular flexibility index (Phi) is 5.60. The Morgan fingerprint density at radius 3 is 2.73 bits per heavy atom. The molecule has 2 nitrogen and oxygen atoms in total. The molecule has 0 spiro atoms. The summed E-state index contributed by atoms with van der Waals surface area (Å²) in [4.78, 5) is 0. The van der Waals surface area contributed by atoms with Crippen LogP contribution in [0.5, 0.6) is 0 Å². The smallest absolute Gasteiger partial charge is 0.124 e. The normalized spacial score (nSPS) is 12.8. The summed E-state index contributed by atoms with van der Waals surface area (Å²) in [5, 5.41) is 17.7. The van der Waals surface area contributed by atoms with Crippen molar-refractivity contribution >= 4 is 27.7 Å². The second kappa shape index (κ2) is 6.48. The van der Waals surface area contributed by atoms with E-state index in [-0.39, 0.29) is 12.4 Å². The summed E-state index contributed by atoms with van der Waals surface area (Å²) < 4.78 is 13.7. The first-order valence-corrected chi connectivity index (χ1v) is 6.38. The summed E-state index contributed by atoms with van der Waals surface area (Å²) in [6.45, 7) is -0.236. The lowest BCUT2D eigenvalue weighted by Crippen LogP contribution is -2.14. The molecule has 0 fully saturated rings. The van der Waals surface area contributed by atoms with E-state index in [1.807, 2.05) is 6.07 Å². The molecular weight excluding hydrogens is 283 g/mol. The van der Waals surface area contributed by atoms with E-state index in [9.17, 15) is 4.39 Å². The molecule has 1 unspecified atom stereocenters. The molecule has 0 amide bonds. The molecule has 0 aliphatic rings. The van der Waals surface area contributed by atoms with Gasteiger partial charge in [0.05, 0.1) is 12.7 Å². The number of hydrogen-bond donors (Lipinski definition) is 2. The number of aliphatic hydroxyl groups excluding tert-OH is 2. The van der Waals surface area contributed by atoms with Crippen LogP contribution < -0.4 is 0 Å². The standard InChI is InChI=1S/C10H12BrFO2S/c11-8-1-7(2-9(12)3-8)5-15-6-10(14)4-13/h1-3,10,13-14H,4-6H2. The third kappa shape index (κ3) is 4.97. The number of rotatable bonds is 5. The van der Waals surface area contributed by atoms with Crippen LogP contribution in [0.2, 0.25) is 0 Å². The molecule has 0 radical (unpaired) electrons. The highest BCUT2D eigenvalue weighted by molar-refractivity contribution is 9.10. The van der Waals surface area contributed by atoms with Gasteiger partial charge in [-0.2, -0.15) is 11.8 Å². The lowest BCUT2D eigenvalue weighted by Gasteiger charge is -2.06. The van der Waals surface area contributed by atoms with Crippen LogP contribution in [-0.4, -0.2) is 28.7 Å². The van der Waals surface area contributed by atoms with Crippen molar-refractivity contribution in [3.05, 3.63) is 34.1 Å². The maximum atomic E-state index is 13.0. The fourth-order valence-corrected chi connectivity index (χ4v) is 2.47. The third-order valence-electron chi connectivity index (χ3n) is 1.71. The van der Waals surface area contributed by atoms with E-state index in [1.165, 1.54) is 23.9 Å². The van der Waals surface area contributed by atoms with Crippen molar-refractivity contribution in [2.24, 2.45) is 0 Å². The first kappa shape index (κ1) is 13.0. The first-order chi connectivity index (χ1) is 7.11. The van der Waals surface area contributed by atoms with Gasteiger partial charge in [0.25, 0.3) is 0 Å². The molecule has 2 N–H and O–H groups in total. The van der Waals surface area contributed by atoms with Crippen molar-refractivity contribution in [1.82, 2.24) is 0 Å². The molecule has 5 heteroatoms. The molecule has 1 aromatic carbocycles. The molecule has 0 saturated carbocycles. The maximum absolute atomic E-state index is 13.0. The SMILES string of the molecule is OCC(O)CSCc1cc(F)cc(Br)c1. The molecular formula is C10H12BrFO2S. The first-order valence-electron chi connectivity index (χ1n) is 4.43. The fourth-order valence-electron chi connectivity index (χ4n) is 1.06. The van der Waals surface area contributed by atoms with Gasteiger partial charge < -0.3 is 10.2 Å². The van der Waals surface area contributed by atoms with E-state index >= 15 is 0 Å². The van der Waals surface area contributed by atoms with Crippen molar-refractivity contribution in [3.63, 3.8) is 0 Å². The molecule has 0 bridgehead atoms. The zero-order chi connectivity index (χ0) is 11.3. The topological polar surface area (TPSA) is 40.5 Å². The summed E-state index contributed by atoms with van der Waals surface area (Å²) in [6.07, 6.45) is -0.702. The van der Waals surface area contributed by atoms with Gasteiger partial charge in [-0.05, 0) is 23.8 Å². The van der Waals surface area contributed by atoms with Crippen molar-refractivity contribution in [1.29, 1.82) is 0 Å². The van der Waals surface area contributed by atoms with E-state index in [1.54, 1.807) is 0 Å². The largest absolute Gasteiger partial charge is 0.394 e. The molecule has 1 rings (SSSR count). The van der Waals surface area contributed by atoms with Crippen LogP contribution in [0.25, 0.3) is 0 Å². The predicted molar refractivity (Wildman–Crippen MR) is 63.4 cm³/mol. The second-order valence-corrected chi connectivity index (χ2v) is 5.08. The van der Waals surface area contributed by atoms with Gasteiger partial charge in [-0.1, -0.05) is 15.9 Å². The van der Waals surface area contributed by atoms with E-state index in [2.05, 4.69) is 15.9 Å². The monoisotopic (exact) mass is 294 g/mol. The van der Waals surface area contributed by atoms with Crippen LogP contribution in [0.1, 0.15) is 5.56 Å². The molecule has 15 heavy (non-hydrogen) atoms. The molecule has 1 aromatic rings. The molecule has 0 aliphatic carbocycles. The Labute approximate surface area is 101 Å². The molecule has 0 heterocycles. The Hall–Kier alpha value is -0.100. The van der Waals surface area contributed by atoms with Crippen LogP contribution in [-0.2, 0) is 5.75 Å². The number of thioether (sulfide) groups is 1. The number of hydrogen-bond acceptors (Lipinski definition) is 3. The lowest BCUT2D eigenvalue weighted by atomic mass is 10.2. The summed E-state index contributed by atoms with van der Waals surface area (Å²) in [5.74, 6) is 0.792. The van der Waals surface area contributed by atoms with Crippen LogP contribution in [0.15, 0.2) is 22.7 Å². The molecule has 1 atom stereocenters. The van der Waals surface area contributed by atoms with E-state index in [4.69, 9.17) is 10.2 Å². The highest BCUT2D eigenvalue weighted by atomic mass is 79.9. The van der Waals surface area contributed by atoms with Crippen LogP contribution >= 0.6 is 27.7 Å². The Balaban J connectivity index is 2.43. The van der Waals surface area contributed by atoms with Crippen LogP contribution in [0.3, 0.4) is 0 Å². The van der Waals surface area contributed by atoms with Crippen LogP contribution in [0, 0.1) is 5.82 Å². The summed E-state index contributed by atoms with van der Waals surface area (Å²) in [7, 11) is 0. The third-order valence-corrected chi connectivity index (χ3v) is 3.33. The molecule has 0 saturated heterocycles. The molecule has 0 aromatic heterocycles. The zero-order valence-corrected chi connectivity index (χ0v) is 10.4. The minimum atomic E-state index is -0.702. The van der Waals surface area contributed by atoms with Crippen molar-refractivity contribution in [2.45, 2.75) is 11.9 Å². The minimum Gasteiger partial charge on any atom is -0.394 e. The summed E-state index contributed by atoms with van der Waals surface area (Å²) in [6, 6.07) is 4.70. The predicted octanol–water partition coefficient (Wildman–Crippen LogP) is 2.17. The zero-order valence-electron chi connectivity index (χ0n) is 7.99. The van der Waals surface area contributed by atoms with E-state index in [0.29, 0.717) is 16.0 Å². The van der Waals surface area contributed by atoms with Gasteiger partial charge in [0, 0.05) is 16.0 Å². The highest BCUT2D eigenvalue weighted by Crippen LogP contribution is 2.19. The van der Waals surface area contributed by atoms with Gasteiger partial charge in [0.15, 0.2) is 0 Å². The Morgan fingerprint density at radius 2 is 2.13 bits per heavy atom.